The fraction of sp³-hybridized carbons (Fsp3) is 0.370. The minimum Gasteiger partial charge on any atom is -0.480 e. The first-order chi connectivity index (χ1) is 19.5. The zero-order valence-electron chi connectivity index (χ0n) is 22.2. The van der Waals surface area contributed by atoms with Gasteiger partial charge in [0.25, 0.3) is 5.88 Å². The van der Waals surface area contributed by atoms with Crippen LogP contribution in [0.1, 0.15) is 49.1 Å². The van der Waals surface area contributed by atoms with E-state index in [1.807, 2.05) is 0 Å². The zero-order chi connectivity index (χ0) is 29.4. The van der Waals surface area contributed by atoms with Crippen LogP contribution in [0, 0.1) is 0 Å². The van der Waals surface area contributed by atoms with Gasteiger partial charge in [-0.05, 0) is 18.4 Å². The SMILES string of the molecule is CCC(F)(F)Oc1cnc(-c2c(OC)ncnc2C2CC2)nc1OCc1ccc(-c2nc(C(F)(F)F)cn2C)cc1. The van der Waals surface area contributed by atoms with E-state index in [9.17, 15) is 22.0 Å². The lowest BCUT2D eigenvalue weighted by Crippen LogP contribution is -2.24. The van der Waals surface area contributed by atoms with Crippen molar-refractivity contribution < 1.29 is 36.2 Å². The van der Waals surface area contributed by atoms with Gasteiger partial charge in [-0.1, -0.05) is 31.2 Å². The fourth-order valence-electron chi connectivity index (χ4n) is 4.07. The number of hydrogen-bond donors (Lipinski definition) is 0. The van der Waals surface area contributed by atoms with Crippen LogP contribution in [0.15, 0.2) is 43.0 Å². The highest BCUT2D eigenvalue weighted by Gasteiger charge is 2.35. The number of hydrogen-bond acceptors (Lipinski definition) is 8. The molecule has 1 aliphatic carbocycles. The number of nitrogens with zero attached hydrogens (tertiary/aromatic N) is 6. The van der Waals surface area contributed by atoms with E-state index in [1.54, 1.807) is 24.3 Å². The maximum Gasteiger partial charge on any atom is 0.434 e. The molecule has 1 saturated carbocycles. The number of aromatic nitrogens is 6. The van der Waals surface area contributed by atoms with Gasteiger partial charge in [0, 0.05) is 31.1 Å². The second kappa shape index (κ2) is 10.9. The zero-order valence-corrected chi connectivity index (χ0v) is 22.2. The van der Waals surface area contributed by atoms with Crippen molar-refractivity contribution in [1.82, 2.24) is 29.5 Å². The van der Waals surface area contributed by atoms with E-state index in [1.165, 1.54) is 32.0 Å². The minimum atomic E-state index is -4.57. The average Bonchev–Trinajstić information content (AvgIpc) is 3.72. The Balaban J connectivity index is 1.43. The molecule has 0 saturated heterocycles. The third kappa shape index (κ3) is 6.20. The van der Waals surface area contributed by atoms with E-state index in [4.69, 9.17) is 14.2 Å². The molecule has 0 spiro atoms. The molecule has 3 aromatic heterocycles. The van der Waals surface area contributed by atoms with Crippen molar-refractivity contribution in [1.29, 1.82) is 0 Å². The second-order valence-corrected chi connectivity index (χ2v) is 9.42. The maximum atomic E-state index is 14.2. The van der Waals surface area contributed by atoms with Gasteiger partial charge in [0.15, 0.2) is 11.5 Å². The molecule has 0 N–H and O–H groups in total. The van der Waals surface area contributed by atoms with Gasteiger partial charge in [0.2, 0.25) is 11.6 Å². The van der Waals surface area contributed by atoms with Crippen molar-refractivity contribution in [3.05, 3.63) is 59.9 Å². The van der Waals surface area contributed by atoms with Crippen LogP contribution in [0.3, 0.4) is 0 Å². The monoisotopic (exact) mass is 576 g/mol. The first kappa shape index (κ1) is 28.2. The molecular formula is C27H25F5N6O3. The molecular weight excluding hydrogens is 551 g/mol. The maximum absolute atomic E-state index is 14.2. The summed E-state index contributed by atoms with van der Waals surface area (Å²) in [5, 5.41) is 0. The van der Waals surface area contributed by atoms with Gasteiger partial charge in [-0.2, -0.15) is 26.9 Å². The number of alkyl halides is 5. The molecule has 0 atom stereocenters. The van der Waals surface area contributed by atoms with Crippen molar-refractivity contribution >= 4 is 0 Å². The van der Waals surface area contributed by atoms with Crippen molar-refractivity contribution in [2.24, 2.45) is 7.05 Å². The summed E-state index contributed by atoms with van der Waals surface area (Å²) < 4.78 is 84.9. The molecule has 14 heteroatoms. The number of aryl methyl sites for hydroxylation is 1. The topological polar surface area (TPSA) is 97.1 Å². The van der Waals surface area contributed by atoms with Gasteiger partial charge in [-0.25, -0.2) is 19.9 Å². The summed E-state index contributed by atoms with van der Waals surface area (Å²) in [5.74, 6) is 0.0661. The van der Waals surface area contributed by atoms with Crippen LogP contribution in [0.2, 0.25) is 0 Å². The number of benzene rings is 1. The summed E-state index contributed by atoms with van der Waals surface area (Å²) in [5.41, 5.74) is 1.17. The molecule has 0 aliphatic heterocycles. The second-order valence-electron chi connectivity index (χ2n) is 9.42. The Morgan fingerprint density at radius 1 is 0.976 bits per heavy atom. The molecule has 0 bridgehead atoms. The lowest BCUT2D eigenvalue weighted by molar-refractivity contribution is -0.178. The number of ether oxygens (including phenoxy) is 3. The molecule has 216 valence electrons. The minimum absolute atomic E-state index is 0.114. The van der Waals surface area contributed by atoms with E-state index in [0.717, 1.165) is 25.2 Å². The normalized spacial score (nSPS) is 13.8. The molecule has 1 aromatic carbocycles. The van der Waals surface area contributed by atoms with E-state index >= 15 is 0 Å². The Kier molecular flexibility index (Phi) is 7.49. The Morgan fingerprint density at radius 2 is 1.71 bits per heavy atom. The lowest BCUT2D eigenvalue weighted by Gasteiger charge is -2.19. The molecule has 1 aliphatic rings. The Bertz CT molecular complexity index is 1540. The predicted octanol–water partition coefficient (Wildman–Crippen LogP) is 6.20. The molecule has 5 rings (SSSR count). The number of rotatable bonds is 10. The van der Waals surface area contributed by atoms with Gasteiger partial charge >= 0.3 is 12.3 Å². The van der Waals surface area contributed by atoms with Gasteiger partial charge in [-0.3, -0.25) is 0 Å². The van der Waals surface area contributed by atoms with E-state index in [-0.39, 0.29) is 41.7 Å². The summed E-state index contributed by atoms with van der Waals surface area (Å²) in [6.07, 6.45) is -3.41. The summed E-state index contributed by atoms with van der Waals surface area (Å²) in [4.78, 5) is 20.8. The Hall–Kier alpha value is -4.36. The van der Waals surface area contributed by atoms with Crippen LogP contribution in [0.4, 0.5) is 22.0 Å². The summed E-state index contributed by atoms with van der Waals surface area (Å²) in [7, 11) is 2.91. The quantitative estimate of drug-likeness (QED) is 0.206. The highest BCUT2D eigenvalue weighted by molar-refractivity contribution is 5.66. The molecule has 41 heavy (non-hydrogen) atoms. The van der Waals surface area contributed by atoms with Gasteiger partial charge in [-0.15, -0.1) is 0 Å². The Morgan fingerprint density at radius 3 is 2.32 bits per heavy atom. The van der Waals surface area contributed by atoms with Crippen LogP contribution in [-0.4, -0.2) is 42.7 Å². The van der Waals surface area contributed by atoms with Crippen molar-refractivity contribution in [3.63, 3.8) is 0 Å². The molecule has 0 amide bonds. The molecule has 3 heterocycles. The largest absolute Gasteiger partial charge is 0.480 e. The van der Waals surface area contributed by atoms with Gasteiger partial charge in [0.05, 0.1) is 19.0 Å². The van der Waals surface area contributed by atoms with Crippen molar-refractivity contribution in [2.45, 2.75) is 51.0 Å². The molecule has 1 fully saturated rings. The standard InChI is InChI=1S/C27H25F5N6O3/c1-4-26(28,29)41-18-11-33-22(20-21(16-9-10-16)34-14-35-25(20)39-3)37-24(18)40-13-15-5-7-17(8-6-15)23-36-19(12-38(23)2)27(30,31)32/h5-8,11-12,14,16H,4,9-10,13H2,1-3H3. The Labute approximate surface area is 231 Å². The van der Waals surface area contributed by atoms with E-state index in [2.05, 4.69) is 24.9 Å². The molecule has 0 radical (unpaired) electrons. The van der Waals surface area contributed by atoms with Gasteiger partial charge in [0.1, 0.15) is 24.3 Å². The van der Waals surface area contributed by atoms with Crippen molar-refractivity contribution in [2.75, 3.05) is 7.11 Å². The van der Waals surface area contributed by atoms with E-state index < -0.39 is 24.4 Å². The van der Waals surface area contributed by atoms with Crippen molar-refractivity contribution in [3.8, 4) is 40.3 Å². The smallest absolute Gasteiger partial charge is 0.434 e. The van der Waals surface area contributed by atoms with Crippen LogP contribution >= 0.6 is 0 Å². The van der Waals surface area contributed by atoms with Crippen LogP contribution in [0.5, 0.6) is 17.5 Å². The number of imidazole rings is 1. The van der Waals surface area contributed by atoms with Crippen LogP contribution in [0.25, 0.3) is 22.8 Å². The number of methoxy groups -OCH3 is 1. The highest BCUT2D eigenvalue weighted by Crippen LogP contribution is 2.45. The lowest BCUT2D eigenvalue weighted by atomic mass is 10.1. The third-order valence-corrected chi connectivity index (χ3v) is 6.37. The summed E-state index contributed by atoms with van der Waals surface area (Å²) in [6.45, 7) is 1.15. The van der Waals surface area contributed by atoms with Gasteiger partial charge < -0.3 is 18.8 Å². The van der Waals surface area contributed by atoms with E-state index in [0.29, 0.717) is 22.4 Å². The molecule has 9 nitrogen and oxygen atoms in total. The van der Waals surface area contributed by atoms with Crippen LogP contribution in [-0.2, 0) is 19.8 Å². The number of halogens is 5. The summed E-state index contributed by atoms with van der Waals surface area (Å²) in [6, 6.07) is 6.42. The first-order valence-electron chi connectivity index (χ1n) is 12.6. The first-order valence-corrected chi connectivity index (χ1v) is 12.6. The highest BCUT2D eigenvalue weighted by atomic mass is 19.4. The van der Waals surface area contributed by atoms with Crippen LogP contribution < -0.4 is 14.2 Å². The fourth-order valence-corrected chi connectivity index (χ4v) is 4.07. The predicted molar refractivity (Wildman–Crippen MR) is 135 cm³/mol. The molecule has 4 aromatic rings. The third-order valence-electron chi connectivity index (χ3n) is 6.37. The summed E-state index contributed by atoms with van der Waals surface area (Å²) >= 11 is 0. The molecule has 0 unspecified atom stereocenters. The average molecular weight is 577 g/mol.